The third-order valence-electron chi connectivity index (χ3n) is 3.41. The first-order chi connectivity index (χ1) is 9.40. The van der Waals surface area contributed by atoms with Crippen molar-refractivity contribution in [2.45, 2.75) is 25.9 Å². The van der Waals surface area contributed by atoms with E-state index >= 15 is 0 Å². The van der Waals surface area contributed by atoms with Crippen LogP contribution in [-0.2, 0) is 0 Å². The average Bonchev–Trinajstić information content (AvgIpc) is 2.38. The minimum absolute atomic E-state index is 0.0156. The van der Waals surface area contributed by atoms with Crippen molar-refractivity contribution in [3.8, 4) is 0 Å². The van der Waals surface area contributed by atoms with E-state index in [1.54, 1.807) is 6.07 Å². The predicted molar refractivity (Wildman–Crippen MR) is 71.9 cm³/mol. The number of piperazine rings is 1. The van der Waals surface area contributed by atoms with Crippen LogP contribution in [0.4, 0.5) is 16.3 Å². The summed E-state index contributed by atoms with van der Waals surface area (Å²) in [7, 11) is 0. The zero-order valence-electron chi connectivity index (χ0n) is 11.3. The van der Waals surface area contributed by atoms with Crippen molar-refractivity contribution in [1.82, 2.24) is 9.88 Å². The second-order valence-corrected chi connectivity index (χ2v) is 4.92. The first-order valence-electron chi connectivity index (χ1n) is 6.26. The van der Waals surface area contributed by atoms with Crippen LogP contribution in [0.2, 0.25) is 0 Å². The van der Waals surface area contributed by atoms with Crippen molar-refractivity contribution in [2.75, 3.05) is 18.0 Å². The molecule has 0 spiro atoms. The topological polar surface area (TPSA) is 99.8 Å². The van der Waals surface area contributed by atoms with Gasteiger partial charge in [-0.2, -0.15) is 0 Å². The molecule has 0 unspecified atom stereocenters. The molecule has 8 nitrogen and oxygen atoms in total. The van der Waals surface area contributed by atoms with Crippen LogP contribution in [0.1, 0.15) is 13.8 Å². The SMILES string of the molecule is C[C@H]1CN(C(=O)O)C[C@H](C)N1c1ccc([N+](=O)[O-])nc1. The highest BCUT2D eigenvalue weighted by atomic mass is 16.6. The maximum atomic E-state index is 11.0. The number of nitrogens with zero attached hydrogens (tertiary/aromatic N) is 4. The Morgan fingerprint density at radius 2 is 2.00 bits per heavy atom. The van der Waals surface area contributed by atoms with Gasteiger partial charge in [-0.25, -0.2) is 4.79 Å². The van der Waals surface area contributed by atoms with E-state index in [4.69, 9.17) is 5.11 Å². The summed E-state index contributed by atoms with van der Waals surface area (Å²) in [5.41, 5.74) is 0.764. The van der Waals surface area contributed by atoms with Gasteiger partial charge in [0.1, 0.15) is 0 Å². The zero-order valence-corrected chi connectivity index (χ0v) is 11.3. The Bertz CT molecular complexity index is 507. The summed E-state index contributed by atoms with van der Waals surface area (Å²) in [5, 5.41) is 19.6. The Morgan fingerprint density at radius 3 is 2.40 bits per heavy atom. The van der Waals surface area contributed by atoms with E-state index in [9.17, 15) is 14.9 Å². The van der Waals surface area contributed by atoms with Gasteiger partial charge in [0.15, 0.2) is 6.20 Å². The van der Waals surface area contributed by atoms with Gasteiger partial charge in [0, 0.05) is 31.2 Å². The van der Waals surface area contributed by atoms with Crippen LogP contribution < -0.4 is 4.90 Å². The lowest BCUT2D eigenvalue weighted by molar-refractivity contribution is -0.389. The maximum absolute atomic E-state index is 11.0. The lowest BCUT2D eigenvalue weighted by Gasteiger charge is -2.44. The normalized spacial score (nSPS) is 22.7. The Hall–Kier alpha value is -2.38. The van der Waals surface area contributed by atoms with Gasteiger partial charge >= 0.3 is 11.9 Å². The first-order valence-corrected chi connectivity index (χ1v) is 6.26. The highest BCUT2D eigenvalue weighted by Gasteiger charge is 2.32. The van der Waals surface area contributed by atoms with Gasteiger partial charge in [-0.05, 0) is 29.8 Å². The van der Waals surface area contributed by atoms with Gasteiger partial charge in [0.2, 0.25) is 0 Å². The number of rotatable bonds is 2. The van der Waals surface area contributed by atoms with Crippen molar-refractivity contribution in [3.63, 3.8) is 0 Å². The van der Waals surface area contributed by atoms with E-state index in [2.05, 4.69) is 4.98 Å². The minimum Gasteiger partial charge on any atom is -0.465 e. The van der Waals surface area contributed by atoms with Gasteiger partial charge < -0.3 is 25.0 Å². The lowest BCUT2D eigenvalue weighted by Crippen LogP contribution is -2.58. The number of carbonyl (C=O) groups is 1. The molecule has 1 aromatic rings. The van der Waals surface area contributed by atoms with Crippen molar-refractivity contribution in [3.05, 3.63) is 28.4 Å². The standard InChI is InChI=1S/C12H16N4O4/c1-8-6-14(12(17)18)7-9(2)15(8)10-3-4-11(13-5-10)16(19)20/h3-5,8-9H,6-7H2,1-2H3,(H,17,18)/t8-,9-/m0/s1. The molecule has 1 aromatic heterocycles. The monoisotopic (exact) mass is 280 g/mol. The summed E-state index contributed by atoms with van der Waals surface area (Å²) >= 11 is 0. The molecule has 1 saturated heterocycles. The molecule has 1 amide bonds. The first kappa shape index (κ1) is 14.0. The molecular weight excluding hydrogens is 264 g/mol. The van der Waals surface area contributed by atoms with Crippen LogP contribution in [-0.4, -0.2) is 51.2 Å². The highest BCUT2D eigenvalue weighted by Crippen LogP contribution is 2.25. The number of hydrogen-bond donors (Lipinski definition) is 1. The minimum atomic E-state index is -0.926. The smallest absolute Gasteiger partial charge is 0.407 e. The Labute approximate surface area is 115 Å². The zero-order chi connectivity index (χ0) is 14.9. The fraction of sp³-hybridized carbons (Fsp3) is 0.500. The summed E-state index contributed by atoms with van der Waals surface area (Å²) in [6.45, 7) is 4.65. The van der Waals surface area contributed by atoms with Gasteiger partial charge in [0.05, 0.1) is 5.69 Å². The average molecular weight is 280 g/mol. The summed E-state index contributed by atoms with van der Waals surface area (Å²) in [5.74, 6) is -0.196. The number of anilines is 1. The van der Waals surface area contributed by atoms with Crippen molar-refractivity contribution < 1.29 is 14.8 Å². The number of carboxylic acid groups (broad SMARTS) is 1. The quantitative estimate of drug-likeness (QED) is 0.652. The molecular formula is C12H16N4O4. The highest BCUT2D eigenvalue weighted by molar-refractivity contribution is 5.66. The molecule has 20 heavy (non-hydrogen) atoms. The summed E-state index contributed by atoms with van der Waals surface area (Å²) < 4.78 is 0. The molecule has 0 saturated carbocycles. The van der Waals surface area contributed by atoms with E-state index in [0.29, 0.717) is 13.1 Å². The summed E-state index contributed by atoms with van der Waals surface area (Å²) in [6.07, 6.45) is 0.534. The molecule has 2 rings (SSSR count). The largest absolute Gasteiger partial charge is 0.465 e. The second-order valence-electron chi connectivity index (χ2n) is 4.92. The van der Waals surface area contributed by atoms with Gasteiger partial charge in [-0.3, -0.25) is 0 Å². The molecule has 2 heterocycles. The molecule has 0 aromatic carbocycles. The molecule has 1 N–H and O–H groups in total. The van der Waals surface area contributed by atoms with Crippen molar-refractivity contribution in [2.24, 2.45) is 0 Å². The second kappa shape index (κ2) is 5.32. The van der Waals surface area contributed by atoms with E-state index in [0.717, 1.165) is 5.69 Å². The Balaban J connectivity index is 2.20. The van der Waals surface area contributed by atoms with E-state index in [1.807, 2.05) is 18.7 Å². The van der Waals surface area contributed by atoms with Crippen molar-refractivity contribution >= 4 is 17.6 Å². The molecule has 108 valence electrons. The van der Waals surface area contributed by atoms with E-state index < -0.39 is 11.0 Å². The van der Waals surface area contributed by atoms with Crippen LogP contribution >= 0.6 is 0 Å². The summed E-state index contributed by atoms with van der Waals surface area (Å²) in [4.78, 5) is 28.3. The number of pyridine rings is 1. The van der Waals surface area contributed by atoms with Crippen LogP contribution in [0, 0.1) is 10.1 Å². The number of aromatic nitrogens is 1. The third kappa shape index (κ3) is 2.63. The third-order valence-corrected chi connectivity index (χ3v) is 3.41. The van der Waals surface area contributed by atoms with Gasteiger partial charge in [-0.15, -0.1) is 0 Å². The van der Waals surface area contributed by atoms with E-state index in [1.165, 1.54) is 17.2 Å². The molecule has 0 radical (unpaired) electrons. The maximum Gasteiger partial charge on any atom is 0.407 e. The van der Waals surface area contributed by atoms with Crippen molar-refractivity contribution in [1.29, 1.82) is 0 Å². The molecule has 8 heteroatoms. The molecule has 1 aliphatic rings. The number of nitro groups is 1. The Morgan fingerprint density at radius 1 is 1.40 bits per heavy atom. The fourth-order valence-electron chi connectivity index (χ4n) is 2.63. The number of hydrogen-bond acceptors (Lipinski definition) is 5. The molecule has 1 aliphatic heterocycles. The van der Waals surface area contributed by atoms with Gasteiger partial charge in [-0.1, -0.05) is 0 Å². The summed E-state index contributed by atoms with van der Waals surface area (Å²) in [6, 6.07) is 2.98. The molecule has 0 aliphatic carbocycles. The lowest BCUT2D eigenvalue weighted by atomic mass is 10.1. The van der Waals surface area contributed by atoms with Crippen LogP contribution in [0.25, 0.3) is 0 Å². The van der Waals surface area contributed by atoms with Crippen LogP contribution in [0.3, 0.4) is 0 Å². The Kier molecular flexibility index (Phi) is 3.73. The molecule has 0 bridgehead atoms. The molecule has 2 atom stereocenters. The van der Waals surface area contributed by atoms with Crippen LogP contribution in [0.15, 0.2) is 18.3 Å². The number of amides is 1. The van der Waals surface area contributed by atoms with Crippen LogP contribution in [0.5, 0.6) is 0 Å². The molecule has 1 fully saturated rings. The fourth-order valence-corrected chi connectivity index (χ4v) is 2.63. The van der Waals surface area contributed by atoms with Gasteiger partial charge in [0.25, 0.3) is 0 Å². The predicted octanol–water partition coefficient (Wildman–Crippen LogP) is 1.57. The van der Waals surface area contributed by atoms with E-state index in [-0.39, 0.29) is 17.9 Å².